The number of amides is 1. The summed E-state index contributed by atoms with van der Waals surface area (Å²) < 4.78 is 73.7. The van der Waals surface area contributed by atoms with Gasteiger partial charge in [-0.3, -0.25) is 11.1 Å². The molecule has 0 radical (unpaired) electrons. The average Bonchev–Trinajstić information content (AvgIpc) is 3.19. The van der Waals surface area contributed by atoms with Gasteiger partial charge < -0.3 is 26.7 Å². The molecule has 0 saturated carbocycles. The van der Waals surface area contributed by atoms with Crippen LogP contribution < -0.4 is 18.9 Å². The number of aldehydes is 2. The van der Waals surface area contributed by atoms with Gasteiger partial charge in [0.25, 0.3) is 0 Å². The first-order valence-electron chi connectivity index (χ1n) is 12.9. The Morgan fingerprint density at radius 1 is 1.00 bits per heavy atom. The van der Waals surface area contributed by atoms with Crippen LogP contribution in [0.3, 0.4) is 0 Å². The van der Waals surface area contributed by atoms with Crippen molar-refractivity contribution < 1.29 is 64.4 Å². The summed E-state index contributed by atoms with van der Waals surface area (Å²) >= 11 is 0. The molecule has 0 aromatic heterocycles. The first-order chi connectivity index (χ1) is 19.2. The van der Waals surface area contributed by atoms with E-state index in [9.17, 15) is 45.5 Å². The summed E-state index contributed by atoms with van der Waals surface area (Å²) in [5, 5.41) is 0. The molecule has 2 fully saturated rings. The van der Waals surface area contributed by atoms with Gasteiger partial charge in [-0.25, -0.2) is 0 Å². The number of alkyl halides is 6. The number of carbonyl (C=O) groups is 3. The molecule has 2 aliphatic rings. The number of aryl methyl sites for hydroxylation is 1. The minimum Gasteiger partial charge on any atom is -0.541 e. The Kier molecular flexibility index (Phi) is 13.4. The average molecular weight is 604 g/mol. The van der Waals surface area contributed by atoms with Crippen LogP contribution in [-0.2, 0) is 31.5 Å². The zero-order chi connectivity index (χ0) is 30.6. The quantitative estimate of drug-likeness (QED) is 0.210. The molecule has 0 aliphatic carbocycles. The van der Waals surface area contributed by atoms with Gasteiger partial charge in [-0.05, 0) is 30.4 Å². The molecule has 2 heterocycles. The fourth-order valence-electron chi connectivity index (χ4n) is 5.77. The third-order valence-electron chi connectivity index (χ3n) is 7.83. The Bertz CT molecular complexity index is 1240. The SMILES string of the molecule is C[CH-]c1cc(C(F)(F)F)cc(C(F)(F)F)c1.Cc1ccccc1C1C([C-]=O)CCN2C(=O)C(CC=O)(CC=O)CC12.[CH3-].[Li+]. The molecule has 2 aromatic carbocycles. The third kappa shape index (κ3) is 8.33. The van der Waals surface area contributed by atoms with Crippen molar-refractivity contribution in [3.8, 4) is 0 Å². The van der Waals surface area contributed by atoms with Crippen molar-refractivity contribution in [2.24, 2.45) is 11.3 Å². The van der Waals surface area contributed by atoms with Gasteiger partial charge in [0, 0.05) is 36.6 Å². The zero-order valence-corrected chi connectivity index (χ0v) is 24.4. The number of carbonyl (C=O) groups excluding carboxylic acids is 4. The van der Waals surface area contributed by atoms with E-state index in [4.69, 9.17) is 0 Å². The van der Waals surface area contributed by atoms with E-state index in [0.29, 0.717) is 31.5 Å². The van der Waals surface area contributed by atoms with Crippen LogP contribution in [0.25, 0.3) is 0 Å². The van der Waals surface area contributed by atoms with Gasteiger partial charge in [0.1, 0.15) is 12.6 Å². The Morgan fingerprint density at radius 3 is 1.98 bits per heavy atom. The molecule has 3 atom stereocenters. The molecule has 4 rings (SSSR count). The minimum atomic E-state index is -4.78. The van der Waals surface area contributed by atoms with Crippen LogP contribution >= 0.6 is 0 Å². The molecule has 5 nitrogen and oxygen atoms in total. The van der Waals surface area contributed by atoms with E-state index < -0.39 is 28.9 Å². The second kappa shape index (κ2) is 15.1. The molecule has 1 amide bonds. The van der Waals surface area contributed by atoms with E-state index in [0.717, 1.165) is 23.7 Å². The van der Waals surface area contributed by atoms with Crippen molar-refractivity contribution in [3.63, 3.8) is 0 Å². The number of hydrogen-bond donors (Lipinski definition) is 0. The number of piperidine rings is 1. The van der Waals surface area contributed by atoms with E-state index >= 15 is 0 Å². The van der Waals surface area contributed by atoms with Crippen molar-refractivity contribution in [3.05, 3.63) is 84.1 Å². The second-order valence-corrected chi connectivity index (χ2v) is 10.3. The van der Waals surface area contributed by atoms with Crippen LogP contribution in [0.2, 0.25) is 0 Å². The number of halogens is 6. The van der Waals surface area contributed by atoms with E-state index in [1.165, 1.54) is 13.3 Å². The summed E-state index contributed by atoms with van der Waals surface area (Å²) in [6.07, 6.45) is -3.66. The Balaban J connectivity index is 0.000000450. The Hall–Kier alpha value is -3.03. The van der Waals surface area contributed by atoms with Crippen LogP contribution in [0.15, 0.2) is 42.5 Å². The van der Waals surface area contributed by atoms with Gasteiger partial charge >= 0.3 is 31.2 Å². The van der Waals surface area contributed by atoms with Gasteiger partial charge in [-0.2, -0.15) is 50.5 Å². The van der Waals surface area contributed by atoms with Crippen LogP contribution in [0, 0.1) is 32.1 Å². The molecule has 0 spiro atoms. The number of benzene rings is 2. The van der Waals surface area contributed by atoms with Gasteiger partial charge in [-0.1, -0.05) is 43.7 Å². The van der Waals surface area contributed by atoms with Crippen molar-refractivity contribution in [2.45, 2.75) is 63.8 Å². The van der Waals surface area contributed by atoms with Gasteiger partial charge in [0.15, 0.2) is 0 Å². The van der Waals surface area contributed by atoms with Crippen LogP contribution in [0.4, 0.5) is 26.3 Å². The van der Waals surface area contributed by atoms with Crippen molar-refractivity contribution >= 4 is 24.8 Å². The maximum Gasteiger partial charge on any atom is 1.00 e. The molecule has 3 unspecified atom stereocenters. The van der Waals surface area contributed by atoms with Gasteiger partial charge in [0.2, 0.25) is 5.91 Å². The van der Waals surface area contributed by atoms with Gasteiger partial charge in [-0.15, -0.1) is 5.92 Å². The number of fused-ring (bicyclic) bond motifs is 1. The molecule has 230 valence electrons. The maximum absolute atomic E-state index is 13.0. The normalized spacial score (nSPS) is 20.8. The van der Waals surface area contributed by atoms with Crippen molar-refractivity contribution in [1.29, 1.82) is 0 Å². The van der Waals surface area contributed by atoms with Crippen molar-refractivity contribution in [1.82, 2.24) is 4.90 Å². The fourth-order valence-corrected chi connectivity index (χ4v) is 5.77. The van der Waals surface area contributed by atoms with E-state index in [-0.39, 0.29) is 74.5 Å². The zero-order valence-electron chi connectivity index (χ0n) is 24.4. The molecule has 2 saturated heterocycles. The maximum atomic E-state index is 13.0. The molecule has 43 heavy (non-hydrogen) atoms. The largest absolute Gasteiger partial charge is 1.00 e. The van der Waals surface area contributed by atoms with E-state index in [1.807, 2.05) is 31.2 Å². The topological polar surface area (TPSA) is 71.5 Å². The summed E-state index contributed by atoms with van der Waals surface area (Å²) in [5.74, 6) is -0.547. The summed E-state index contributed by atoms with van der Waals surface area (Å²) in [4.78, 5) is 48.7. The van der Waals surface area contributed by atoms with Crippen LogP contribution in [0.1, 0.15) is 66.3 Å². The molecule has 2 aliphatic heterocycles. The van der Waals surface area contributed by atoms with Crippen LogP contribution in [-0.4, -0.2) is 42.3 Å². The first-order valence-corrected chi connectivity index (χ1v) is 12.9. The Morgan fingerprint density at radius 2 is 1.53 bits per heavy atom. The molecular formula is C31H32F6LiNO4-2. The summed E-state index contributed by atoms with van der Waals surface area (Å²) in [6.45, 7) is 3.85. The second-order valence-electron chi connectivity index (χ2n) is 10.3. The predicted octanol–water partition coefficient (Wildman–Crippen LogP) is 3.72. The smallest absolute Gasteiger partial charge is 0.541 e. The number of rotatable bonds is 7. The summed E-state index contributed by atoms with van der Waals surface area (Å²) in [7, 11) is 0. The summed E-state index contributed by atoms with van der Waals surface area (Å²) in [5.41, 5.74) is -1.53. The monoisotopic (exact) mass is 603 g/mol. The third-order valence-corrected chi connectivity index (χ3v) is 7.83. The first kappa shape index (κ1) is 38.0. The van der Waals surface area contributed by atoms with Crippen LogP contribution in [0.5, 0.6) is 0 Å². The van der Waals surface area contributed by atoms with Crippen molar-refractivity contribution in [2.75, 3.05) is 6.54 Å². The number of nitrogens with zero attached hydrogens (tertiary/aromatic N) is 1. The van der Waals surface area contributed by atoms with E-state index in [2.05, 4.69) is 6.29 Å². The van der Waals surface area contributed by atoms with Gasteiger partial charge in [0.05, 0.1) is 5.41 Å². The molecule has 12 heteroatoms. The minimum absolute atomic E-state index is 0. The molecule has 0 N–H and O–H groups in total. The summed E-state index contributed by atoms with van der Waals surface area (Å²) in [6, 6.07) is 9.16. The number of hydrogen-bond acceptors (Lipinski definition) is 4. The fraction of sp³-hybridized carbons (Fsp3) is 0.419. The molecule has 0 bridgehead atoms. The standard InChI is InChI=1S/C20H22NO4.C10H7F6.CH3.Li/c1-14-4-2-3-5-16(14)18-15(13-24)6-9-21-17(18)12-20(7-10-22,8-11-23)19(21)25;1-2-6-3-7(9(11,12)13)5-8(4-6)10(14,15)16;;/h2-5,10-11,15,17-18H,6-9,12H2,1H3;2-5H,1H3;1H3;/q3*-1;+1. The molecule has 2 aromatic rings. The molecular weight excluding hydrogens is 571 g/mol. The predicted molar refractivity (Wildman–Crippen MR) is 144 cm³/mol. The Labute approximate surface area is 259 Å². The van der Waals surface area contributed by atoms with E-state index in [1.54, 1.807) is 4.90 Å².